The number of carbonyl (C=O) groups is 2. The number of amides is 1. The van der Waals surface area contributed by atoms with Gasteiger partial charge in [0, 0.05) is 17.3 Å². The third kappa shape index (κ3) is 4.73. The Morgan fingerprint density at radius 3 is 2.32 bits per heavy atom. The third-order valence-corrected chi connectivity index (χ3v) is 6.44. The van der Waals surface area contributed by atoms with Crippen LogP contribution in [0.1, 0.15) is 37.9 Å². The zero-order valence-electron chi connectivity index (χ0n) is 21.5. The van der Waals surface area contributed by atoms with E-state index in [1.54, 1.807) is 30.3 Å². The van der Waals surface area contributed by atoms with Gasteiger partial charge in [-0.05, 0) is 67.4 Å². The maximum atomic E-state index is 13.5. The van der Waals surface area contributed by atoms with Gasteiger partial charge in [0.05, 0.1) is 24.3 Å². The van der Waals surface area contributed by atoms with Crippen molar-refractivity contribution in [3.8, 4) is 11.5 Å². The van der Waals surface area contributed by atoms with E-state index < -0.39 is 17.7 Å². The number of Topliss-reactive ketones (excluding diaryl/α,β-unsaturated/α-hetero) is 1. The summed E-state index contributed by atoms with van der Waals surface area (Å²) in [6.07, 6.45) is 0.000643. The van der Waals surface area contributed by atoms with Gasteiger partial charge < -0.3 is 14.6 Å². The summed E-state index contributed by atoms with van der Waals surface area (Å²) in [5.41, 5.74) is 1.67. The van der Waals surface area contributed by atoms with Crippen molar-refractivity contribution in [1.82, 2.24) is 0 Å². The topological polar surface area (TPSA) is 76.1 Å². The predicted octanol–water partition coefficient (Wildman–Crippen LogP) is 6.65. The summed E-state index contributed by atoms with van der Waals surface area (Å²) in [4.78, 5) is 28.4. The molecule has 6 nitrogen and oxygen atoms in total. The zero-order valence-corrected chi connectivity index (χ0v) is 21.5. The lowest BCUT2D eigenvalue weighted by molar-refractivity contribution is -0.132. The van der Waals surface area contributed by atoms with Crippen molar-refractivity contribution in [3.63, 3.8) is 0 Å². The summed E-state index contributed by atoms with van der Waals surface area (Å²) in [6.45, 7) is 6.23. The minimum absolute atomic E-state index is 0.000643. The molecule has 0 aliphatic carbocycles. The Labute approximate surface area is 221 Å². The molecule has 1 saturated heterocycles. The van der Waals surface area contributed by atoms with Gasteiger partial charge in [-0.2, -0.15) is 0 Å². The maximum Gasteiger partial charge on any atom is 0.300 e. The van der Waals surface area contributed by atoms with Gasteiger partial charge in [0.2, 0.25) is 0 Å². The predicted molar refractivity (Wildman–Crippen MR) is 149 cm³/mol. The highest BCUT2D eigenvalue weighted by Crippen LogP contribution is 2.43. The molecule has 38 heavy (non-hydrogen) atoms. The number of benzene rings is 4. The highest BCUT2D eigenvalue weighted by atomic mass is 16.5. The highest BCUT2D eigenvalue weighted by molar-refractivity contribution is 6.51. The number of rotatable bonds is 7. The van der Waals surface area contributed by atoms with Crippen LogP contribution in [-0.2, 0) is 9.59 Å². The van der Waals surface area contributed by atoms with Crippen LogP contribution in [0.15, 0.2) is 96.6 Å². The molecule has 6 heteroatoms. The first-order valence-electron chi connectivity index (χ1n) is 12.7. The maximum absolute atomic E-state index is 13.5. The van der Waals surface area contributed by atoms with Crippen LogP contribution >= 0.6 is 0 Å². The Hall–Kier alpha value is -4.58. The fourth-order valence-electron chi connectivity index (χ4n) is 4.80. The van der Waals surface area contributed by atoms with E-state index in [0.717, 1.165) is 10.8 Å². The molecule has 4 aromatic carbocycles. The van der Waals surface area contributed by atoms with E-state index in [1.165, 1.54) is 4.90 Å². The normalized spacial score (nSPS) is 16.8. The Bertz CT molecular complexity index is 1540. The summed E-state index contributed by atoms with van der Waals surface area (Å²) >= 11 is 0. The van der Waals surface area contributed by atoms with Crippen molar-refractivity contribution in [2.45, 2.75) is 32.9 Å². The van der Waals surface area contributed by atoms with E-state index in [0.29, 0.717) is 34.9 Å². The number of ketones is 1. The second-order valence-corrected chi connectivity index (χ2v) is 9.40. The average molecular weight is 508 g/mol. The van der Waals surface area contributed by atoms with E-state index >= 15 is 0 Å². The molecule has 1 amide bonds. The first kappa shape index (κ1) is 25.1. The number of anilines is 1. The number of aliphatic hydroxyl groups is 1. The van der Waals surface area contributed by atoms with Crippen molar-refractivity contribution in [3.05, 3.63) is 108 Å². The van der Waals surface area contributed by atoms with Gasteiger partial charge in [-0.25, -0.2) is 0 Å². The first-order valence-corrected chi connectivity index (χ1v) is 12.7. The number of hydrogen-bond acceptors (Lipinski definition) is 5. The number of carbonyl (C=O) groups excluding carboxylic acids is 2. The standard InChI is InChI=1S/C32H29NO5/c1-4-37-27-11-7-10-25(19-27)33-29(22-14-16-26(17-15-22)38-20(2)3)28(31(35)32(33)36)30(34)24-13-12-21-8-5-6-9-23(21)18-24/h5-20,29,34H,4H2,1-3H3/b30-28-. The molecule has 1 aliphatic rings. The van der Waals surface area contributed by atoms with E-state index in [4.69, 9.17) is 9.47 Å². The second kappa shape index (κ2) is 10.4. The van der Waals surface area contributed by atoms with Gasteiger partial charge in [0.15, 0.2) is 0 Å². The molecule has 192 valence electrons. The van der Waals surface area contributed by atoms with Gasteiger partial charge in [-0.3, -0.25) is 14.5 Å². The number of hydrogen-bond donors (Lipinski definition) is 1. The van der Waals surface area contributed by atoms with Crippen molar-refractivity contribution < 1.29 is 24.2 Å². The molecule has 0 spiro atoms. The molecule has 1 heterocycles. The lowest BCUT2D eigenvalue weighted by Gasteiger charge is -2.26. The fraction of sp³-hybridized carbons (Fsp3) is 0.188. The van der Waals surface area contributed by atoms with Gasteiger partial charge in [-0.15, -0.1) is 0 Å². The molecule has 4 aromatic rings. The third-order valence-electron chi connectivity index (χ3n) is 6.44. The fourth-order valence-corrected chi connectivity index (χ4v) is 4.80. The molecule has 1 fully saturated rings. The van der Waals surface area contributed by atoms with Crippen LogP contribution in [0, 0.1) is 0 Å². The second-order valence-electron chi connectivity index (χ2n) is 9.40. The summed E-state index contributed by atoms with van der Waals surface area (Å²) < 4.78 is 11.4. The van der Waals surface area contributed by atoms with Crippen LogP contribution in [-0.4, -0.2) is 29.5 Å². The molecular weight excluding hydrogens is 478 g/mol. The molecule has 1 unspecified atom stereocenters. The van der Waals surface area contributed by atoms with Crippen LogP contribution in [0.3, 0.4) is 0 Å². The molecule has 0 aromatic heterocycles. The lowest BCUT2D eigenvalue weighted by atomic mass is 9.94. The Morgan fingerprint density at radius 1 is 0.868 bits per heavy atom. The van der Waals surface area contributed by atoms with Gasteiger partial charge in [0.1, 0.15) is 17.3 Å². The minimum Gasteiger partial charge on any atom is -0.507 e. The van der Waals surface area contributed by atoms with Gasteiger partial charge in [-0.1, -0.05) is 54.6 Å². The summed E-state index contributed by atoms with van der Waals surface area (Å²) in [7, 11) is 0. The largest absolute Gasteiger partial charge is 0.507 e. The molecule has 1 atom stereocenters. The number of nitrogens with zero attached hydrogens (tertiary/aromatic N) is 1. The summed E-state index contributed by atoms with van der Waals surface area (Å²) in [5, 5.41) is 13.4. The molecule has 0 radical (unpaired) electrons. The average Bonchev–Trinajstić information content (AvgIpc) is 3.18. The smallest absolute Gasteiger partial charge is 0.300 e. The van der Waals surface area contributed by atoms with E-state index in [2.05, 4.69) is 0 Å². The Morgan fingerprint density at radius 2 is 1.61 bits per heavy atom. The molecule has 1 N–H and O–H groups in total. The SMILES string of the molecule is CCOc1cccc(N2C(=O)C(=O)/C(=C(\O)c3ccc4ccccc4c3)C2c2ccc(OC(C)C)cc2)c1. The quantitative estimate of drug-likeness (QED) is 0.172. The van der Waals surface area contributed by atoms with Crippen LogP contribution < -0.4 is 14.4 Å². The first-order chi connectivity index (χ1) is 18.4. The van der Waals surface area contributed by atoms with Crippen LogP contribution in [0.2, 0.25) is 0 Å². The molecule has 0 bridgehead atoms. The van der Waals surface area contributed by atoms with Crippen molar-refractivity contribution in [2.24, 2.45) is 0 Å². The van der Waals surface area contributed by atoms with Crippen molar-refractivity contribution >= 4 is 33.9 Å². The molecule has 5 rings (SSSR count). The van der Waals surface area contributed by atoms with E-state index in [9.17, 15) is 14.7 Å². The lowest BCUT2D eigenvalue weighted by Crippen LogP contribution is -2.29. The Kier molecular flexibility index (Phi) is 6.88. The summed E-state index contributed by atoms with van der Waals surface area (Å²) in [6, 6.07) is 26.7. The van der Waals surface area contributed by atoms with Crippen LogP contribution in [0.5, 0.6) is 11.5 Å². The molecular formula is C32H29NO5. The molecule has 1 aliphatic heterocycles. The number of ether oxygens (including phenoxy) is 2. The minimum atomic E-state index is -0.841. The van der Waals surface area contributed by atoms with Crippen LogP contribution in [0.4, 0.5) is 5.69 Å². The highest BCUT2D eigenvalue weighted by Gasteiger charge is 2.47. The number of aliphatic hydroxyl groups excluding tert-OH is 1. The van der Waals surface area contributed by atoms with Gasteiger partial charge in [0.25, 0.3) is 11.7 Å². The van der Waals surface area contributed by atoms with Crippen molar-refractivity contribution in [1.29, 1.82) is 0 Å². The van der Waals surface area contributed by atoms with Crippen LogP contribution in [0.25, 0.3) is 16.5 Å². The van der Waals surface area contributed by atoms with E-state index in [-0.39, 0.29) is 17.4 Å². The van der Waals surface area contributed by atoms with Crippen molar-refractivity contribution in [2.75, 3.05) is 11.5 Å². The van der Waals surface area contributed by atoms with E-state index in [1.807, 2.05) is 81.4 Å². The number of fused-ring (bicyclic) bond motifs is 1. The Balaban J connectivity index is 1.67. The monoisotopic (exact) mass is 507 g/mol. The zero-order chi connectivity index (χ0) is 26.8. The summed E-state index contributed by atoms with van der Waals surface area (Å²) in [5.74, 6) is -0.419. The molecule has 0 saturated carbocycles. The van der Waals surface area contributed by atoms with Gasteiger partial charge >= 0.3 is 0 Å².